The third kappa shape index (κ3) is 2.40. The number of anilines is 2. The Morgan fingerprint density at radius 2 is 1.74 bits per heavy atom. The zero-order valence-electron chi connectivity index (χ0n) is 10.3. The first-order chi connectivity index (χ1) is 8.93. The summed E-state index contributed by atoms with van der Waals surface area (Å²) in [7, 11) is 0. The number of benzene rings is 1. The van der Waals surface area contributed by atoms with Crippen LogP contribution in [0.3, 0.4) is 0 Å². The first-order valence-electron chi connectivity index (χ1n) is 5.57. The summed E-state index contributed by atoms with van der Waals surface area (Å²) in [6.07, 6.45) is 1.65. The number of aromatic nitrogens is 2. The fourth-order valence-electron chi connectivity index (χ4n) is 1.68. The van der Waals surface area contributed by atoms with Gasteiger partial charge < -0.3 is 9.88 Å². The van der Waals surface area contributed by atoms with E-state index < -0.39 is 29.0 Å². The maximum absolute atomic E-state index is 13.5. The molecule has 0 spiro atoms. The van der Waals surface area contributed by atoms with E-state index in [1.165, 1.54) is 0 Å². The van der Waals surface area contributed by atoms with Crippen LogP contribution in [-0.4, -0.2) is 9.55 Å². The molecule has 0 amide bonds. The van der Waals surface area contributed by atoms with Gasteiger partial charge >= 0.3 is 0 Å². The van der Waals surface area contributed by atoms with E-state index in [0.29, 0.717) is 12.2 Å². The quantitative estimate of drug-likeness (QED) is 0.685. The Labute approximate surface area is 106 Å². The second-order valence-corrected chi connectivity index (χ2v) is 3.96. The predicted molar refractivity (Wildman–Crippen MR) is 62.2 cm³/mol. The van der Waals surface area contributed by atoms with Crippen molar-refractivity contribution in [3.05, 3.63) is 41.2 Å². The van der Waals surface area contributed by atoms with Crippen molar-refractivity contribution >= 4 is 11.6 Å². The predicted octanol–water partition coefficient (Wildman–Crippen LogP) is 3.51. The first-order valence-corrected chi connectivity index (χ1v) is 5.57. The lowest BCUT2D eigenvalue weighted by atomic mass is 10.2. The molecule has 0 aliphatic heterocycles. The van der Waals surface area contributed by atoms with Crippen LogP contribution in [0.4, 0.5) is 29.2 Å². The number of halogens is 4. The van der Waals surface area contributed by atoms with Crippen LogP contribution >= 0.6 is 0 Å². The molecular weight excluding hydrogens is 262 g/mol. The van der Waals surface area contributed by atoms with Gasteiger partial charge in [-0.3, -0.25) is 0 Å². The van der Waals surface area contributed by atoms with E-state index in [1.54, 1.807) is 24.6 Å². The number of aryl methyl sites for hydroxylation is 2. The monoisotopic (exact) mass is 273 g/mol. The number of hydrogen-bond donors (Lipinski definition) is 1. The number of nitrogens with one attached hydrogen (secondary N) is 1. The van der Waals surface area contributed by atoms with E-state index in [9.17, 15) is 17.6 Å². The molecule has 2 aromatic rings. The SMILES string of the molecule is CCn1cc(C)nc1Nc1c(F)c(F)cc(F)c1F. The van der Waals surface area contributed by atoms with E-state index in [4.69, 9.17) is 0 Å². The Morgan fingerprint density at radius 1 is 1.16 bits per heavy atom. The molecule has 0 aliphatic rings. The Morgan fingerprint density at radius 3 is 2.26 bits per heavy atom. The maximum Gasteiger partial charge on any atom is 0.207 e. The van der Waals surface area contributed by atoms with Crippen molar-refractivity contribution < 1.29 is 17.6 Å². The first kappa shape index (κ1) is 13.4. The second kappa shape index (κ2) is 4.91. The molecule has 0 saturated carbocycles. The van der Waals surface area contributed by atoms with Crippen LogP contribution in [0.15, 0.2) is 12.3 Å². The van der Waals surface area contributed by atoms with Gasteiger partial charge in [-0.1, -0.05) is 0 Å². The molecule has 102 valence electrons. The van der Waals surface area contributed by atoms with E-state index >= 15 is 0 Å². The molecular formula is C12H11F4N3. The van der Waals surface area contributed by atoms with Crippen molar-refractivity contribution in [2.45, 2.75) is 20.4 Å². The van der Waals surface area contributed by atoms with Crippen molar-refractivity contribution in [1.82, 2.24) is 9.55 Å². The Hall–Kier alpha value is -2.05. The van der Waals surface area contributed by atoms with Crippen molar-refractivity contribution in [3.8, 4) is 0 Å². The molecule has 2 rings (SSSR count). The summed E-state index contributed by atoms with van der Waals surface area (Å²) in [5, 5.41) is 2.28. The summed E-state index contributed by atoms with van der Waals surface area (Å²) in [4.78, 5) is 3.99. The van der Waals surface area contributed by atoms with Crippen molar-refractivity contribution in [2.24, 2.45) is 0 Å². The van der Waals surface area contributed by atoms with E-state index in [0.717, 1.165) is 0 Å². The molecule has 19 heavy (non-hydrogen) atoms. The minimum Gasteiger partial charge on any atom is -0.321 e. The highest BCUT2D eigenvalue weighted by Crippen LogP contribution is 2.27. The van der Waals surface area contributed by atoms with Gasteiger partial charge in [0.25, 0.3) is 0 Å². The molecule has 7 heteroatoms. The molecule has 0 unspecified atom stereocenters. The standard InChI is InChI=1S/C12H11F4N3/c1-3-19-5-6(2)17-12(19)18-11-9(15)7(13)4-8(14)10(11)16/h4-5H,3H2,1-2H3,(H,17,18). The van der Waals surface area contributed by atoms with Crippen molar-refractivity contribution in [1.29, 1.82) is 0 Å². The minimum atomic E-state index is -1.48. The summed E-state index contributed by atoms with van der Waals surface area (Å²) < 4.78 is 54.7. The van der Waals surface area contributed by atoms with E-state index in [2.05, 4.69) is 10.3 Å². The van der Waals surface area contributed by atoms with Gasteiger partial charge in [0.05, 0.1) is 5.69 Å². The lowest BCUT2D eigenvalue weighted by Gasteiger charge is -2.10. The highest BCUT2D eigenvalue weighted by atomic mass is 19.2. The molecule has 1 aromatic carbocycles. The third-order valence-electron chi connectivity index (χ3n) is 2.59. The zero-order chi connectivity index (χ0) is 14.2. The topological polar surface area (TPSA) is 29.9 Å². The van der Waals surface area contributed by atoms with E-state index in [1.807, 2.05) is 0 Å². The van der Waals surface area contributed by atoms with Crippen molar-refractivity contribution in [3.63, 3.8) is 0 Å². The van der Waals surface area contributed by atoms with Gasteiger partial charge in [0, 0.05) is 18.8 Å². The normalized spacial score (nSPS) is 10.8. The van der Waals surface area contributed by atoms with Crippen LogP contribution in [-0.2, 0) is 6.54 Å². The maximum atomic E-state index is 13.5. The Balaban J connectivity index is 2.48. The fourth-order valence-corrected chi connectivity index (χ4v) is 1.68. The van der Waals surface area contributed by atoms with Gasteiger partial charge in [0.15, 0.2) is 23.3 Å². The van der Waals surface area contributed by atoms with Gasteiger partial charge in [0.2, 0.25) is 5.95 Å². The number of imidazole rings is 1. The molecule has 0 atom stereocenters. The van der Waals surface area contributed by atoms with Crippen LogP contribution < -0.4 is 5.32 Å². The largest absolute Gasteiger partial charge is 0.321 e. The third-order valence-corrected chi connectivity index (χ3v) is 2.59. The summed E-state index contributed by atoms with van der Waals surface area (Å²) in [5.41, 5.74) is -0.278. The van der Waals surface area contributed by atoms with Crippen LogP contribution in [0.5, 0.6) is 0 Å². The minimum absolute atomic E-state index is 0.114. The molecule has 0 bridgehead atoms. The van der Waals surface area contributed by atoms with Crippen molar-refractivity contribution in [2.75, 3.05) is 5.32 Å². The highest BCUT2D eigenvalue weighted by Gasteiger charge is 2.20. The Bertz CT molecular complexity index is 596. The smallest absolute Gasteiger partial charge is 0.207 e. The molecule has 1 heterocycles. The molecule has 3 nitrogen and oxygen atoms in total. The highest BCUT2D eigenvalue weighted by molar-refractivity contribution is 5.56. The number of rotatable bonds is 3. The average Bonchev–Trinajstić information content (AvgIpc) is 2.72. The fraction of sp³-hybridized carbons (Fsp3) is 0.250. The lowest BCUT2D eigenvalue weighted by molar-refractivity contribution is 0.459. The zero-order valence-corrected chi connectivity index (χ0v) is 10.3. The van der Waals surface area contributed by atoms with Gasteiger partial charge in [-0.25, -0.2) is 22.5 Å². The molecule has 1 N–H and O–H groups in total. The number of hydrogen-bond acceptors (Lipinski definition) is 2. The Kier molecular flexibility index (Phi) is 3.46. The van der Waals surface area contributed by atoms with Gasteiger partial charge in [-0.2, -0.15) is 0 Å². The molecule has 0 radical (unpaired) electrons. The number of nitrogens with zero attached hydrogens (tertiary/aromatic N) is 2. The molecule has 0 saturated heterocycles. The van der Waals surface area contributed by atoms with Gasteiger partial charge in [0.1, 0.15) is 5.69 Å². The second-order valence-electron chi connectivity index (χ2n) is 3.96. The van der Waals surface area contributed by atoms with Crippen LogP contribution in [0.1, 0.15) is 12.6 Å². The van der Waals surface area contributed by atoms with Crippen LogP contribution in [0.2, 0.25) is 0 Å². The lowest BCUT2D eigenvalue weighted by Crippen LogP contribution is -2.07. The summed E-state index contributed by atoms with van der Waals surface area (Å²) in [5.74, 6) is -5.78. The molecule has 1 aromatic heterocycles. The van der Waals surface area contributed by atoms with Crippen LogP contribution in [0, 0.1) is 30.2 Å². The summed E-state index contributed by atoms with van der Waals surface area (Å²) >= 11 is 0. The van der Waals surface area contributed by atoms with Gasteiger partial charge in [-0.15, -0.1) is 0 Å². The van der Waals surface area contributed by atoms with E-state index in [-0.39, 0.29) is 12.0 Å². The van der Waals surface area contributed by atoms with Crippen LogP contribution in [0.25, 0.3) is 0 Å². The van der Waals surface area contributed by atoms with Gasteiger partial charge in [-0.05, 0) is 13.8 Å². The average molecular weight is 273 g/mol. The summed E-state index contributed by atoms with van der Waals surface area (Å²) in [6.45, 7) is 3.98. The molecule has 0 aliphatic carbocycles. The molecule has 0 fully saturated rings. The summed E-state index contributed by atoms with van der Waals surface area (Å²) in [6, 6.07) is 0.160.